The van der Waals surface area contributed by atoms with Gasteiger partial charge in [-0.1, -0.05) is 62.4 Å². The summed E-state index contributed by atoms with van der Waals surface area (Å²) < 4.78 is 14.8. The lowest BCUT2D eigenvalue weighted by Crippen LogP contribution is -2.54. The van der Waals surface area contributed by atoms with Crippen molar-refractivity contribution in [2.24, 2.45) is 17.8 Å². The lowest BCUT2D eigenvalue weighted by molar-refractivity contribution is -0.140. The standard InChI is InChI=1S/C43H52N8O7/c1-23(2)35(49-43(55)58-5)41(53)51-31-17-15-29(19-31)37(51)39-45-21-33(47-39)27-12-8-25(9-13-27)24-6-10-26(11-7-24)32-20-44-38(46-32)36-28-14-16-30(18-28)50(36)40(52)34(22-56-3)48-42(54)57-4/h6-13,20-21,23,28-31,34-37H,14-19,22H2,1-5H3,(H,44,46)(H,45,47)(H,48,54)(H,49,55). The molecule has 2 saturated carbocycles. The number of alkyl carbamates (subject to hydrolysis) is 2. The van der Waals surface area contributed by atoms with E-state index in [0.717, 1.165) is 83.8 Å². The predicted octanol–water partition coefficient (Wildman–Crippen LogP) is 5.99. The molecular weight excluding hydrogens is 741 g/mol. The van der Waals surface area contributed by atoms with Crippen molar-refractivity contribution in [1.29, 1.82) is 0 Å². The summed E-state index contributed by atoms with van der Waals surface area (Å²) in [5.74, 6) is 1.70. The molecule has 4 amide bonds. The number of carbonyl (C=O) groups excluding carboxylic acids is 4. The highest BCUT2D eigenvalue weighted by molar-refractivity contribution is 5.88. The number of aromatic amines is 2. The van der Waals surface area contributed by atoms with Gasteiger partial charge < -0.3 is 44.6 Å². The van der Waals surface area contributed by atoms with E-state index in [9.17, 15) is 19.2 Å². The van der Waals surface area contributed by atoms with E-state index in [0.29, 0.717) is 5.92 Å². The van der Waals surface area contributed by atoms with Gasteiger partial charge in [0, 0.05) is 19.2 Å². The van der Waals surface area contributed by atoms with Gasteiger partial charge in [0.2, 0.25) is 11.8 Å². The maximum Gasteiger partial charge on any atom is 0.407 e. The van der Waals surface area contributed by atoms with E-state index in [1.165, 1.54) is 21.3 Å². The number of methoxy groups -OCH3 is 3. The molecule has 306 valence electrons. The van der Waals surface area contributed by atoms with E-state index in [1.54, 1.807) is 0 Å². The van der Waals surface area contributed by atoms with Gasteiger partial charge in [0.15, 0.2) is 0 Å². The molecule has 2 aromatic heterocycles. The van der Waals surface area contributed by atoms with Gasteiger partial charge in [0.05, 0.1) is 56.7 Å². The third-order valence-electron chi connectivity index (χ3n) is 12.7. The van der Waals surface area contributed by atoms with Crippen LogP contribution in [0, 0.1) is 17.8 Å². The molecule has 8 atom stereocenters. The van der Waals surface area contributed by atoms with E-state index >= 15 is 0 Å². The van der Waals surface area contributed by atoms with Crippen LogP contribution in [0.1, 0.15) is 76.1 Å². The molecule has 2 saturated heterocycles. The number of aromatic nitrogens is 4. The molecule has 4 heterocycles. The number of nitrogens with zero attached hydrogens (tertiary/aromatic N) is 4. The molecule has 4 aromatic rings. The van der Waals surface area contributed by atoms with Gasteiger partial charge in [0.25, 0.3) is 0 Å². The van der Waals surface area contributed by atoms with Gasteiger partial charge in [-0.3, -0.25) is 9.59 Å². The average molecular weight is 793 g/mol. The molecular formula is C43H52N8O7. The Hall–Kier alpha value is -5.70. The number of imidazole rings is 2. The van der Waals surface area contributed by atoms with Crippen molar-refractivity contribution < 1.29 is 33.4 Å². The quantitative estimate of drug-likeness (QED) is 0.134. The molecule has 2 aliphatic carbocycles. The Morgan fingerprint density at radius 1 is 0.672 bits per heavy atom. The molecule has 4 bridgehead atoms. The van der Waals surface area contributed by atoms with E-state index < -0.39 is 24.3 Å². The molecule has 15 nitrogen and oxygen atoms in total. The van der Waals surface area contributed by atoms with Crippen molar-refractivity contribution in [1.82, 2.24) is 40.4 Å². The number of hydrogen-bond donors (Lipinski definition) is 4. The summed E-state index contributed by atoms with van der Waals surface area (Å²) in [6, 6.07) is 14.9. The highest BCUT2D eigenvalue weighted by atomic mass is 16.5. The van der Waals surface area contributed by atoms with Crippen LogP contribution >= 0.6 is 0 Å². The maximum atomic E-state index is 13.9. The number of ether oxygens (including phenoxy) is 3. The van der Waals surface area contributed by atoms with Crippen LogP contribution in [0.5, 0.6) is 0 Å². The summed E-state index contributed by atoms with van der Waals surface area (Å²) in [4.78, 5) is 72.3. The normalized spacial score (nSPS) is 24.2. The van der Waals surface area contributed by atoms with Crippen molar-refractivity contribution in [3.8, 4) is 33.6 Å². The smallest absolute Gasteiger partial charge is 0.407 e. The highest BCUT2D eigenvalue weighted by Gasteiger charge is 2.52. The minimum absolute atomic E-state index is 0.0411. The van der Waals surface area contributed by atoms with Crippen molar-refractivity contribution in [2.75, 3.05) is 27.9 Å². The summed E-state index contributed by atoms with van der Waals surface area (Å²) in [7, 11) is 4.08. The molecule has 4 fully saturated rings. The van der Waals surface area contributed by atoms with Gasteiger partial charge in [0.1, 0.15) is 23.7 Å². The fourth-order valence-corrected chi connectivity index (χ4v) is 9.85. The summed E-state index contributed by atoms with van der Waals surface area (Å²) in [6.45, 7) is 3.89. The zero-order valence-electron chi connectivity index (χ0n) is 33.6. The Balaban J connectivity index is 0.949. The lowest BCUT2D eigenvalue weighted by Gasteiger charge is -2.37. The van der Waals surface area contributed by atoms with Crippen LogP contribution in [-0.2, 0) is 23.8 Å². The molecule has 2 aliphatic heterocycles. The number of likely N-dealkylation sites (tertiary alicyclic amines) is 2. The van der Waals surface area contributed by atoms with Crippen LogP contribution in [-0.4, -0.2) is 106 Å². The minimum Gasteiger partial charge on any atom is -0.453 e. The number of carbonyl (C=O) groups is 4. The fourth-order valence-electron chi connectivity index (χ4n) is 9.85. The predicted molar refractivity (Wildman–Crippen MR) is 214 cm³/mol. The van der Waals surface area contributed by atoms with Gasteiger partial charge in [-0.05, 0) is 78.5 Å². The van der Waals surface area contributed by atoms with Crippen molar-refractivity contribution in [2.45, 2.75) is 88.6 Å². The topological polar surface area (TPSA) is 184 Å². The number of fused-ring (bicyclic) bond motifs is 4. The van der Waals surface area contributed by atoms with Crippen molar-refractivity contribution in [3.05, 3.63) is 72.6 Å². The van der Waals surface area contributed by atoms with E-state index in [1.807, 2.05) is 36.0 Å². The second-order valence-electron chi connectivity index (χ2n) is 16.4. The number of rotatable bonds is 12. The van der Waals surface area contributed by atoms with Gasteiger partial charge in [-0.25, -0.2) is 19.6 Å². The lowest BCUT2D eigenvalue weighted by atomic mass is 9.95. The Bertz CT molecular complexity index is 2130. The zero-order chi connectivity index (χ0) is 40.7. The van der Waals surface area contributed by atoms with E-state index in [2.05, 4.69) is 69.1 Å². The molecule has 2 aromatic carbocycles. The first-order valence-electron chi connectivity index (χ1n) is 20.2. The summed E-state index contributed by atoms with van der Waals surface area (Å²) in [5.41, 5.74) is 5.82. The first-order valence-corrected chi connectivity index (χ1v) is 20.2. The van der Waals surface area contributed by atoms with Crippen LogP contribution in [0.4, 0.5) is 9.59 Å². The number of benzene rings is 2. The number of nitrogens with one attached hydrogen (secondary N) is 4. The minimum atomic E-state index is -0.857. The van der Waals surface area contributed by atoms with Gasteiger partial charge in [-0.2, -0.15) is 0 Å². The van der Waals surface area contributed by atoms with E-state index in [4.69, 9.17) is 24.2 Å². The Kier molecular flexibility index (Phi) is 11.0. The molecule has 8 unspecified atom stereocenters. The largest absolute Gasteiger partial charge is 0.453 e. The highest BCUT2D eigenvalue weighted by Crippen LogP contribution is 2.51. The van der Waals surface area contributed by atoms with Crippen LogP contribution in [0.2, 0.25) is 0 Å². The monoisotopic (exact) mass is 792 g/mol. The van der Waals surface area contributed by atoms with Crippen molar-refractivity contribution in [3.63, 3.8) is 0 Å². The Labute approximate surface area is 337 Å². The first-order chi connectivity index (χ1) is 28.1. The third-order valence-corrected chi connectivity index (χ3v) is 12.7. The van der Waals surface area contributed by atoms with Gasteiger partial charge >= 0.3 is 12.2 Å². The SMILES string of the molecule is COCC(NC(=O)OC)C(=O)N1C2CCC(C2)C1c1ncc(-c2ccc(-c3ccc(-c4cnc(C5C6CCC(C6)N5C(=O)C(NC(=O)OC)C(C)C)[nH]4)cc3)cc2)[nH]1. The summed E-state index contributed by atoms with van der Waals surface area (Å²) in [5, 5.41) is 5.39. The van der Waals surface area contributed by atoms with Crippen LogP contribution in [0.3, 0.4) is 0 Å². The Morgan fingerprint density at radius 2 is 1.12 bits per heavy atom. The van der Waals surface area contributed by atoms with Crippen LogP contribution in [0.25, 0.3) is 33.6 Å². The van der Waals surface area contributed by atoms with E-state index in [-0.39, 0.29) is 54.4 Å². The summed E-state index contributed by atoms with van der Waals surface area (Å²) >= 11 is 0. The fraction of sp³-hybridized carbons (Fsp3) is 0.488. The molecule has 0 spiro atoms. The second kappa shape index (κ2) is 16.3. The van der Waals surface area contributed by atoms with Crippen LogP contribution < -0.4 is 10.6 Å². The molecule has 58 heavy (non-hydrogen) atoms. The number of amides is 4. The molecule has 4 aliphatic rings. The third kappa shape index (κ3) is 7.31. The maximum absolute atomic E-state index is 13.9. The molecule has 0 radical (unpaired) electrons. The average Bonchev–Trinajstić information content (AvgIpc) is 4.11. The Morgan fingerprint density at radius 3 is 1.57 bits per heavy atom. The van der Waals surface area contributed by atoms with Crippen molar-refractivity contribution >= 4 is 24.0 Å². The summed E-state index contributed by atoms with van der Waals surface area (Å²) in [6.07, 6.45) is 8.12. The van der Waals surface area contributed by atoms with Crippen LogP contribution in [0.15, 0.2) is 60.9 Å². The number of H-pyrrole nitrogens is 2. The molecule has 4 N–H and O–H groups in total. The molecule has 15 heteroatoms. The number of hydrogen-bond acceptors (Lipinski definition) is 9. The first kappa shape index (κ1) is 39.1. The molecule has 8 rings (SSSR count). The second-order valence-corrected chi connectivity index (χ2v) is 16.4. The van der Waals surface area contributed by atoms with Gasteiger partial charge in [-0.15, -0.1) is 0 Å². The zero-order valence-corrected chi connectivity index (χ0v) is 33.6. The number of piperidine rings is 2.